The molecule has 0 atom stereocenters. The van der Waals surface area contributed by atoms with E-state index in [1.807, 2.05) is 0 Å². The number of nitrogens with zero attached hydrogens (tertiary/aromatic N) is 2. The SMILES string of the molecule is CCNCc1c2c(nc3ccc(F)cc13)CCN(CC)C2. The van der Waals surface area contributed by atoms with E-state index in [1.165, 1.54) is 22.9 Å². The molecule has 1 aliphatic rings. The van der Waals surface area contributed by atoms with Crippen LogP contribution in [0.2, 0.25) is 0 Å². The molecular formula is C17H22FN3. The van der Waals surface area contributed by atoms with Gasteiger partial charge in [-0.25, -0.2) is 4.39 Å². The Kier molecular flexibility index (Phi) is 4.17. The quantitative estimate of drug-likeness (QED) is 0.937. The molecule has 0 amide bonds. The molecule has 3 nitrogen and oxygen atoms in total. The van der Waals surface area contributed by atoms with Gasteiger partial charge in [-0.3, -0.25) is 9.88 Å². The number of rotatable bonds is 4. The summed E-state index contributed by atoms with van der Waals surface area (Å²) in [6.45, 7) is 8.99. The van der Waals surface area contributed by atoms with Gasteiger partial charge in [-0.2, -0.15) is 0 Å². The topological polar surface area (TPSA) is 28.2 Å². The van der Waals surface area contributed by atoms with E-state index in [2.05, 4.69) is 24.1 Å². The van der Waals surface area contributed by atoms with Crippen molar-refractivity contribution in [3.8, 4) is 0 Å². The van der Waals surface area contributed by atoms with Crippen molar-refractivity contribution >= 4 is 10.9 Å². The second kappa shape index (κ2) is 6.08. The standard InChI is InChI=1S/C17H22FN3/c1-3-19-10-14-13-9-12(18)5-6-16(13)20-17-7-8-21(4-2)11-15(14)17/h5-6,9,19H,3-4,7-8,10-11H2,1-2H3. The maximum atomic E-state index is 13.7. The zero-order valence-corrected chi connectivity index (χ0v) is 12.7. The molecule has 21 heavy (non-hydrogen) atoms. The molecule has 0 spiro atoms. The van der Waals surface area contributed by atoms with Gasteiger partial charge in [-0.15, -0.1) is 0 Å². The molecular weight excluding hydrogens is 265 g/mol. The summed E-state index contributed by atoms with van der Waals surface area (Å²) in [5.41, 5.74) is 4.61. The molecule has 0 saturated carbocycles. The number of hydrogen-bond donors (Lipinski definition) is 1. The van der Waals surface area contributed by atoms with Gasteiger partial charge in [0.25, 0.3) is 0 Å². The van der Waals surface area contributed by atoms with E-state index >= 15 is 0 Å². The van der Waals surface area contributed by atoms with Crippen molar-refractivity contribution in [2.75, 3.05) is 19.6 Å². The lowest BCUT2D eigenvalue weighted by atomic mass is 9.95. The molecule has 1 aromatic heterocycles. The summed E-state index contributed by atoms with van der Waals surface area (Å²) >= 11 is 0. The Morgan fingerprint density at radius 3 is 2.95 bits per heavy atom. The molecule has 0 aliphatic carbocycles. The molecule has 2 heterocycles. The summed E-state index contributed by atoms with van der Waals surface area (Å²) in [6.07, 6.45) is 0.982. The predicted octanol–water partition coefficient (Wildman–Crippen LogP) is 2.86. The van der Waals surface area contributed by atoms with E-state index in [-0.39, 0.29) is 5.82 Å². The van der Waals surface area contributed by atoms with Crippen LogP contribution in [0.15, 0.2) is 18.2 Å². The maximum Gasteiger partial charge on any atom is 0.123 e. The van der Waals surface area contributed by atoms with E-state index in [4.69, 9.17) is 4.98 Å². The summed E-state index contributed by atoms with van der Waals surface area (Å²) in [4.78, 5) is 7.19. The van der Waals surface area contributed by atoms with Gasteiger partial charge in [0.15, 0.2) is 0 Å². The molecule has 1 aromatic carbocycles. The Morgan fingerprint density at radius 2 is 2.19 bits per heavy atom. The summed E-state index contributed by atoms with van der Waals surface area (Å²) in [7, 11) is 0. The largest absolute Gasteiger partial charge is 0.313 e. The van der Waals surface area contributed by atoms with Gasteiger partial charge in [0.1, 0.15) is 5.82 Å². The van der Waals surface area contributed by atoms with Crippen molar-refractivity contribution in [1.82, 2.24) is 15.2 Å². The van der Waals surface area contributed by atoms with Gasteiger partial charge >= 0.3 is 0 Å². The third-order valence-corrected chi connectivity index (χ3v) is 4.30. The third kappa shape index (κ3) is 2.78. The fourth-order valence-corrected chi connectivity index (χ4v) is 3.08. The fraction of sp³-hybridized carbons (Fsp3) is 0.471. The van der Waals surface area contributed by atoms with E-state index in [0.717, 1.165) is 50.0 Å². The Balaban J connectivity index is 2.16. The first-order valence-corrected chi connectivity index (χ1v) is 7.75. The van der Waals surface area contributed by atoms with Crippen LogP contribution >= 0.6 is 0 Å². The van der Waals surface area contributed by atoms with E-state index in [0.29, 0.717) is 0 Å². The Hall–Kier alpha value is -1.52. The first kappa shape index (κ1) is 14.4. The zero-order valence-electron chi connectivity index (χ0n) is 12.7. The number of aromatic nitrogens is 1. The lowest BCUT2D eigenvalue weighted by Crippen LogP contribution is -2.32. The molecule has 4 heteroatoms. The van der Waals surface area contributed by atoms with Gasteiger partial charge < -0.3 is 5.32 Å². The van der Waals surface area contributed by atoms with Crippen LogP contribution in [0.5, 0.6) is 0 Å². The molecule has 1 aliphatic heterocycles. The molecule has 0 bridgehead atoms. The van der Waals surface area contributed by atoms with E-state index in [9.17, 15) is 4.39 Å². The zero-order chi connectivity index (χ0) is 14.8. The number of fused-ring (bicyclic) bond motifs is 2. The number of benzene rings is 1. The van der Waals surface area contributed by atoms with Crippen molar-refractivity contribution in [3.05, 3.63) is 40.8 Å². The van der Waals surface area contributed by atoms with Gasteiger partial charge in [0.2, 0.25) is 0 Å². The average molecular weight is 287 g/mol. The average Bonchev–Trinajstić information content (AvgIpc) is 2.51. The Morgan fingerprint density at radius 1 is 1.33 bits per heavy atom. The minimum atomic E-state index is -0.190. The molecule has 0 unspecified atom stereocenters. The van der Waals surface area contributed by atoms with Crippen LogP contribution in [0.25, 0.3) is 10.9 Å². The highest BCUT2D eigenvalue weighted by Crippen LogP contribution is 2.28. The summed E-state index contributed by atoms with van der Waals surface area (Å²) in [6, 6.07) is 4.92. The lowest BCUT2D eigenvalue weighted by Gasteiger charge is -2.29. The highest BCUT2D eigenvalue weighted by atomic mass is 19.1. The minimum absolute atomic E-state index is 0.190. The van der Waals surface area contributed by atoms with Crippen molar-refractivity contribution in [3.63, 3.8) is 0 Å². The Bertz CT molecular complexity index is 654. The van der Waals surface area contributed by atoms with Crippen LogP contribution in [0, 0.1) is 5.82 Å². The van der Waals surface area contributed by atoms with Crippen LogP contribution in [-0.2, 0) is 19.5 Å². The number of likely N-dealkylation sites (N-methyl/N-ethyl adjacent to an activating group) is 1. The summed E-state index contributed by atoms with van der Waals surface area (Å²) in [5.74, 6) is -0.190. The smallest absolute Gasteiger partial charge is 0.123 e. The normalized spacial score (nSPS) is 15.4. The molecule has 0 radical (unpaired) electrons. The van der Waals surface area contributed by atoms with Crippen LogP contribution in [0.1, 0.15) is 30.7 Å². The first-order valence-electron chi connectivity index (χ1n) is 7.75. The molecule has 3 rings (SSSR count). The van der Waals surface area contributed by atoms with Crippen LogP contribution in [-0.4, -0.2) is 29.5 Å². The first-order chi connectivity index (χ1) is 10.2. The number of pyridine rings is 1. The molecule has 0 fully saturated rings. The second-order valence-corrected chi connectivity index (χ2v) is 5.58. The van der Waals surface area contributed by atoms with Gasteiger partial charge in [0.05, 0.1) is 5.52 Å². The van der Waals surface area contributed by atoms with Crippen molar-refractivity contribution in [1.29, 1.82) is 0 Å². The summed E-state index contributed by atoms with van der Waals surface area (Å²) in [5, 5.41) is 4.34. The maximum absolute atomic E-state index is 13.7. The monoisotopic (exact) mass is 287 g/mol. The fourth-order valence-electron chi connectivity index (χ4n) is 3.08. The van der Waals surface area contributed by atoms with Gasteiger partial charge in [0, 0.05) is 37.1 Å². The highest BCUT2D eigenvalue weighted by molar-refractivity contribution is 5.84. The Labute approximate surface area is 125 Å². The van der Waals surface area contributed by atoms with Crippen LogP contribution < -0.4 is 5.32 Å². The molecule has 0 saturated heterocycles. The van der Waals surface area contributed by atoms with E-state index < -0.39 is 0 Å². The van der Waals surface area contributed by atoms with Gasteiger partial charge in [-0.05, 0) is 42.4 Å². The van der Waals surface area contributed by atoms with Crippen molar-refractivity contribution < 1.29 is 4.39 Å². The van der Waals surface area contributed by atoms with E-state index in [1.54, 1.807) is 12.1 Å². The van der Waals surface area contributed by atoms with Crippen LogP contribution in [0.3, 0.4) is 0 Å². The second-order valence-electron chi connectivity index (χ2n) is 5.58. The number of halogens is 1. The molecule has 1 N–H and O–H groups in total. The third-order valence-electron chi connectivity index (χ3n) is 4.30. The molecule has 112 valence electrons. The molecule has 2 aromatic rings. The predicted molar refractivity (Wildman–Crippen MR) is 83.7 cm³/mol. The number of nitrogens with one attached hydrogen (secondary N) is 1. The van der Waals surface area contributed by atoms with Crippen molar-refractivity contribution in [2.24, 2.45) is 0 Å². The van der Waals surface area contributed by atoms with Gasteiger partial charge in [-0.1, -0.05) is 13.8 Å². The minimum Gasteiger partial charge on any atom is -0.313 e. The summed E-state index contributed by atoms with van der Waals surface area (Å²) < 4.78 is 13.7. The highest BCUT2D eigenvalue weighted by Gasteiger charge is 2.21. The lowest BCUT2D eigenvalue weighted by molar-refractivity contribution is 0.265. The van der Waals surface area contributed by atoms with Crippen LogP contribution in [0.4, 0.5) is 4.39 Å². The van der Waals surface area contributed by atoms with Crippen molar-refractivity contribution in [2.45, 2.75) is 33.4 Å². The number of hydrogen-bond acceptors (Lipinski definition) is 3.